The normalized spacial score (nSPS) is 34.4. The van der Waals surface area contributed by atoms with Crippen LogP contribution in [0.4, 0.5) is 0 Å². The van der Waals surface area contributed by atoms with E-state index >= 15 is 0 Å². The van der Waals surface area contributed by atoms with E-state index in [0.29, 0.717) is 11.5 Å². The third-order valence-corrected chi connectivity index (χ3v) is 4.04. The lowest BCUT2D eigenvalue weighted by Crippen LogP contribution is -2.41. The fraction of sp³-hybridized carbons (Fsp3) is 0.929. The molecule has 1 saturated heterocycles. The van der Waals surface area contributed by atoms with Crippen molar-refractivity contribution in [3.8, 4) is 0 Å². The van der Waals surface area contributed by atoms with Gasteiger partial charge >= 0.3 is 0 Å². The zero-order chi connectivity index (χ0) is 13.2. The maximum absolute atomic E-state index is 5.77. The van der Waals surface area contributed by atoms with Gasteiger partial charge in [-0.2, -0.15) is 0 Å². The third-order valence-electron chi connectivity index (χ3n) is 4.04. The predicted molar refractivity (Wildman–Crippen MR) is 74.9 cm³/mol. The zero-order valence-corrected chi connectivity index (χ0v) is 12.2. The maximum Gasteiger partial charge on any atom is 0.191 e. The van der Waals surface area contributed by atoms with E-state index in [0.717, 1.165) is 38.5 Å². The Kier molecular flexibility index (Phi) is 3.85. The van der Waals surface area contributed by atoms with Crippen LogP contribution >= 0.6 is 0 Å². The number of nitrogens with one attached hydrogen (secondary N) is 2. The Morgan fingerprint density at radius 1 is 1.39 bits per heavy atom. The average Bonchev–Trinajstić information content (AvgIpc) is 2.72. The number of aliphatic imine (C=N–C) groups is 1. The maximum atomic E-state index is 5.77. The number of hydrogen-bond donors (Lipinski definition) is 2. The molecule has 4 nitrogen and oxygen atoms in total. The summed E-state index contributed by atoms with van der Waals surface area (Å²) >= 11 is 0. The van der Waals surface area contributed by atoms with E-state index in [-0.39, 0.29) is 5.60 Å². The summed E-state index contributed by atoms with van der Waals surface area (Å²) in [6, 6.07) is 0.563. The van der Waals surface area contributed by atoms with Crippen molar-refractivity contribution >= 4 is 5.96 Å². The molecule has 2 unspecified atom stereocenters. The molecule has 2 atom stereocenters. The van der Waals surface area contributed by atoms with Crippen LogP contribution in [0, 0.1) is 5.41 Å². The van der Waals surface area contributed by atoms with Crippen LogP contribution in [-0.2, 0) is 4.74 Å². The van der Waals surface area contributed by atoms with Crippen LogP contribution < -0.4 is 10.6 Å². The van der Waals surface area contributed by atoms with Crippen molar-refractivity contribution in [3.05, 3.63) is 0 Å². The molecule has 104 valence electrons. The molecule has 0 aromatic heterocycles. The monoisotopic (exact) mass is 253 g/mol. The molecule has 0 amide bonds. The smallest absolute Gasteiger partial charge is 0.191 e. The molecule has 2 fully saturated rings. The van der Waals surface area contributed by atoms with E-state index in [2.05, 4.69) is 43.3 Å². The van der Waals surface area contributed by atoms with E-state index < -0.39 is 0 Å². The minimum absolute atomic E-state index is 0.0541. The average molecular weight is 253 g/mol. The molecule has 0 spiro atoms. The molecule has 2 rings (SSSR count). The van der Waals surface area contributed by atoms with Gasteiger partial charge in [0.15, 0.2) is 5.96 Å². The Morgan fingerprint density at radius 2 is 2.11 bits per heavy atom. The van der Waals surface area contributed by atoms with Crippen LogP contribution in [0.15, 0.2) is 4.99 Å². The van der Waals surface area contributed by atoms with Gasteiger partial charge in [0.05, 0.1) is 12.1 Å². The molecule has 0 aromatic rings. The third kappa shape index (κ3) is 3.37. The Balaban J connectivity index is 1.88. The number of nitrogens with zero attached hydrogens (tertiary/aromatic N) is 1. The van der Waals surface area contributed by atoms with Crippen molar-refractivity contribution in [2.24, 2.45) is 10.4 Å². The first-order valence-electron chi connectivity index (χ1n) is 7.14. The Morgan fingerprint density at radius 3 is 2.61 bits per heavy atom. The predicted octanol–water partition coefficient (Wildman–Crippen LogP) is 1.91. The first kappa shape index (κ1) is 13.7. The molecule has 2 N–H and O–H groups in total. The molecule has 1 aliphatic carbocycles. The van der Waals surface area contributed by atoms with Crippen molar-refractivity contribution in [3.63, 3.8) is 0 Å². The molecule has 0 aromatic carbocycles. The molecular formula is C14H27N3O. The number of guanidine groups is 1. The van der Waals surface area contributed by atoms with Crippen LogP contribution in [0.1, 0.15) is 47.0 Å². The summed E-state index contributed by atoms with van der Waals surface area (Å²) in [6.45, 7) is 11.4. The second kappa shape index (κ2) is 5.08. The summed E-state index contributed by atoms with van der Waals surface area (Å²) in [7, 11) is 0. The van der Waals surface area contributed by atoms with Crippen LogP contribution in [0.2, 0.25) is 0 Å². The van der Waals surface area contributed by atoms with Gasteiger partial charge in [-0.15, -0.1) is 0 Å². The lowest BCUT2D eigenvalue weighted by atomic mass is 10.0. The highest BCUT2D eigenvalue weighted by Crippen LogP contribution is 2.44. The van der Waals surface area contributed by atoms with Gasteiger partial charge in [-0.1, -0.05) is 13.8 Å². The summed E-state index contributed by atoms with van der Waals surface area (Å²) in [4.78, 5) is 4.68. The second-order valence-corrected chi connectivity index (χ2v) is 6.49. The lowest BCUT2D eigenvalue weighted by Gasteiger charge is -2.21. The Hall–Kier alpha value is -0.770. The molecule has 1 saturated carbocycles. The lowest BCUT2D eigenvalue weighted by molar-refractivity contribution is 0.0283. The second-order valence-electron chi connectivity index (χ2n) is 6.49. The van der Waals surface area contributed by atoms with Gasteiger partial charge in [-0.05, 0) is 38.5 Å². The standard InChI is InChI=1S/C14H27N3O/c1-5-15-12(17-11-9-13(11,2)3)16-10-14(4)7-6-8-18-14/h11H,5-10H2,1-4H3,(H2,15,16,17). The fourth-order valence-electron chi connectivity index (χ4n) is 2.41. The van der Waals surface area contributed by atoms with E-state index in [1.54, 1.807) is 0 Å². The summed E-state index contributed by atoms with van der Waals surface area (Å²) < 4.78 is 5.77. The van der Waals surface area contributed by atoms with Gasteiger partial charge in [0.1, 0.15) is 0 Å². The van der Waals surface area contributed by atoms with Crippen LogP contribution in [-0.4, -0.2) is 37.3 Å². The molecule has 1 aliphatic heterocycles. The summed E-state index contributed by atoms with van der Waals surface area (Å²) in [5.41, 5.74) is 0.366. The zero-order valence-electron chi connectivity index (χ0n) is 12.2. The highest BCUT2D eigenvalue weighted by molar-refractivity contribution is 5.80. The highest BCUT2D eigenvalue weighted by atomic mass is 16.5. The van der Waals surface area contributed by atoms with Crippen LogP contribution in [0.3, 0.4) is 0 Å². The highest BCUT2D eigenvalue weighted by Gasteiger charge is 2.46. The van der Waals surface area contributed by atoms with Gasteiger partial charge in [0.2, 0.25) is 0 Å². The summed E-state index contributed by atoms with van der Waals surface area (Å²) in [5, 5.41) is 6.82. The van der Waals surface area contributed by atoms with E-state index in [4.69, 9.17) is 4.74 Å². The van der Waals surface area contributed by atoms with Crippen LogP contribution in [0.5, 0.6) is 0 Å². The number of rotatable bonds is 4. The Bertz CT molecular complexity index is 319. The Labute approximate surface area is 111 Å². The van der Waals surface area contributed by atoms with Gasteiger partial charge in [-0.3, -0.25) is 4.99 Å². The molecule has 18 heavy (non-hydrogen) atoms. The van der Waals surface area contributed by atoms with Gasteiger partial charge < -0.3 is 15.4 Å². The van der Waals surface area contributed by atoms with E-state index in [1.807, 2.05) is 0 Å². The quantitative estimate of drug-likeness (QED) is 0.594. The molecular weight excluding hydrogens is 226 g/mol. The van der Waals surface area contributed by atoms with Gasteiger partial charge in [0, 0.05) is 19.2 Å². The minimum Gasteiger partial charge on any atom is -0.373 e. The van der Waals surface area contributed by atoms with Crippen molar-refractivity contribution < 1.29 is 4.74 Å². The van der Waals surface area contributed by atoms with E-state index in [1.165, 1.54) is 6.42 Å². The molecule has 4 heteroatoms. The number of ether oxygens (including phenoxy) is 1. The topological polar surface area (TPSA) is 45.7 Å². The summed E-state index contributed by atoms with van der Waals surface area (Å²) in [6.07, 6.45) is 3.50. The molecule has 1 heterocycles. The first-order valence-corrected chi connectivity index (χ1v) is 7.14. The van der Waals surface area contributed by atoms with Gasteiger partial charge in [0.25, 0.3) is 0 Å². The van der Waals surface area contributed by atoms with Crippen molar-refractivity contribution in [1.82, 2.24) is 10.6 Å². The molecule has 0 bridgehead atoms. The van der Waals surface area contributed by atoms with Gasteiger partial charge in [-0.25, -0.2) is 0 Å². The van der Waals surface area contributed by atoms with Crippen molar-refractivity contribution in [2.45, 2.75) is 58.6 Å². The molecule has 2 aliphatic rings. The molecule has 0 radical (unpaired) electrons. The van der Waals surface area contributed by atoms with Crippen molar-refractivity contribution in [2.75, 3.05) is 19.7 Å². The largest absolute Gasteiger partial charge is 0.373 e. The SMILES string of the molecule is CCNC(=NCC1(C)CCCO1)NC1CC1(C)C. The summed E-state index contributed by atoms with van der Waals surface area (Å²) in [5.74, 6) is 0.935. The first-order chi connectivity index (χ1) is 8.45. The number of hydrogen-bond acceptors (Lipinski definition) is 2. The van der Waals surface area contributed by atoms with E-state index in [9.17, 15) is 0 Å². The van der Waals surface area contributed by atoms with Crippen LogP contribution in [0.25, 0.3) is 0 Å². The van der Waals surface area contributed by atoms with Crippen molar-refractivity contribution in [1.29, 1.82) is 0 Å². The fourth-order valence-corrected chi connectivity index (χ4v) is 2.41. The minimum atomic E-state index is -0.0541.